The topological polar surface area (TPSA) is 78.4 Å². The van der Waals surface area contributed by atoms with Crippen LogP contribution in [0.3, 0.4) is 0 Å². The molecule has 2 atom stereocenters. The normalized spacial score (nSPS) is 13.4. The first-order chi connectivity index (χ1) is 6.95. The summed E-state index contributed by atoms with van der Waals surface area (Å²) >= 11 is 0. The largest absolute Gasteiger partial charge is 0.481 e. The van der Waals surface area contributed by atoms with Crippen LogP contribution >= 0.6 is 0 Å². The fraction of sp³-hybridized carbons (Fsp3) is 0.600. The second-order valence-electron chi connectivity index (χ2n) is 3.45. The smallest absolute Gasteiger partial charge is 0.315 e. The summed E-state index contributed by atoms with van der Waals surface area (Å²) in [5.74, 6) is 1.37. The molecule has 0 rings (SSSR count). The maximum Gasteiger partial charge on any atom is 0.315 e. The molecule has 0 heterocycles. The van der Waals surface area contributed by atoms with Crippen molar-refractivity contribution in [2.45, 2.75) is 26.3 Å². The molecule has 0 radical (unpaired) electrons. The quantitative estimate of drug-likeness (QED) is 0.578. The molecule has 0 aliphatic carbocycles. The minimum Gasteiger partial charge on any atom is -0.481 e. The highest BCUT2D eigenvalue weighted by molar-refractivity contribution is 5.74. The molecule has 0 saturated heterocycles. The highest BCUT2D eigenvalue weighted by Crippen LogP contribution is 1.98. The molecule has 0 aromatic heterocycles. The van der Waals surface area contributed by atoms with Gasteiger partial charge in [-0.2, -0.15) is 0 Å². The maximum absolute atomic E-state index is 11.1. The van der Waals surface area contributed by atoms with Gasteiger partial charge < -0.3 is 15.7 Å². The van der Waals surface area contributed by atoms with E-state index in [-0.39, 0.29) is 24.4 Å². The van der Waals surface area contributed by atoms with Crippen molar-refractivity contribution in [3.05, 3.63) is 0 Å². The molecule has 3 N–H and O–H groups in total. The average molecular weight is 212 g/mol. The number of nitrogens with one attached hydrogen (secondary N) is 2. The van der Waals surface area contributed by atoms with Gasteiger partial charge in [0.1, 0.15) is 0 Å². The average Bonchev–Trinajstić information content (AvgIpc) is 2.13. The van der Waals surface area contributed by atoms with Crippen molar-refractivity contribution < 1.29 is 14.7 Å². The molecule has 0 aromatic rings. The Morgan fingerprint density at radius 1 is 1.47 bits per heavy atom. The van der Waals surface area contributed by atoms with E-state index < -0.39 is 5.97 Å². The highest BCUT2D eigenvalue weighted by atomic mass is 16.4. The van der Waals surface area contributed by atoms with E-state index >= 15 is 0 Å². The number of aliphatic carboxylic acids is 1. The molecular weight excluding hydrogens is 196 g/mol. The number of carboxylic acid groups (broad SMARTS) is 1. The number of urea groups is 1. The second kappa shape index (κ2) is 6.71. The van der Waals surface area contributed by atoms with Crippen LogP contribution in [0.1, 0.15) is 20.3 Å². The molecule has 0 aromatic carbocycles. The van der Waals surface area contributed by atoms with Crippen LogP contribution in [0.15, 0.2) is 0 Å². The summed E-state index contributed by atoms with van der Waals surface area (Å²) in [5, 5.41) is 13.5. The second-order valence-corrected chi connectivity index (χ2v) is 3.45. The van der Waals surface area contributed by atoms with Gasteiger partial charge in [-0.15, -0.1) is 6.42 Å². The fourth-order valence-corrected chi connectivity index (χ4v) is 0.927. The molecule has 0 fully saturated rings. The van der Waals surface area contributed by atoms with Crippen molar-refractivity contribution in [3.63, 3.8) is 0 Å². The number of hydrogen-bond acceptors (Lipinski definition) is 2. The van der Waals surface area contributed by atoms with Gasteiger partial charge in [-0.3, -0.25) is 4.79 Å². The van der Waals surface area contributed by atoms with E-state index in [1.54, 1.807) is 13.8 Å². The minimum absolute atomic E-state index is 0.0327. The van der Waals surface area contributed by atoms with Crippen LogP contribution in [0.4, 0.5) is 4.79 Å². The third-order valence-electron chi connectivity index (χ3n) is 1.73. The SMILES string of the molecule is C#CC(C)NC(=O)NCC(C)CC(=O)O. The van der Waals surface area contributed by atoms with Gasteiger partial charge in [0.25, 0.3) is 0 Å². The van der Waals surface area contributed by atoms with E-state index in [1.807, 2.05) is 0 Å². The van der Waals surface area contributed by atoms with Crippen molar-refractivity contribution in [2.75, 3.05) is 6.54 Å². The molecule has 15 heavy (non-hydrogen) atoms. The van der Waals surface area contributed by atoms with E-state index in [0.717, 1.165) is 0 Å². The Labute approximate surface area is 89.2 Å². The molecule has 0 aliphatic rings. The Morgan fingerprint density at radius 3 is 2.53 bits per heavy atom. The lowest BCUT2D eigenvalue weighted by Crippen LogP contribution is -2.41. The Balaban J connectivity index is 3.72. The molecule has 0 spiro atoms. The highest BCUT2D eigenvalue weighted by Gasteiger charge is 2.09. The lowest BCUT2D eigenvalue weighted by atomic mass is 10.1. The minimum atomic E-state index is -0.873. The fourth-order valence-electron chi connectivity index (χ4n) is 0.927. The van der Waals surface area contributed by atoms with E-state index in [2.05, 4.69) is 16.6 Å². The number of carbonyl (C=O) groups excluding carboxylic acids is 1. The zero-order valence-corrected chi connectivity index (χ0v) is 8.91. The number of hydrogen-bond donors (Lipinski definition) is 3. The molecule has 0 aliphatic heterocycles. The summed E-state index contributed by atoms with van der Waals surface area (Å²) in [6.07, 6.45) is 5.10. The van der Waals surface area contributed by atoms with Gasteiger partial charge in [0.2, 0.25) is 0 Å². The van der Waals surface area contributed by atoms with Gasteiger partial charge in [-0.25, -0.2) is 4.79 Å². The van der Waals surface area contributed by atoms with Gasteiger partial charge >= 0.3 is 12.0 Å². The van der Waals surface area contributed by atoms with Gasteiger partial charge in [-0.05, 0) is 12.8 Å². The first-order valence-corrected chi connectivity index (χ1v) is 4.68. The Kier molecular flexibility index (Phi) is 5.95. The summed E-state index contributed by atoms with van der Waals surface area (Å²) in [7, 11) is 0. The van der Waals surface area contributed by atoms with Gasteiger partial charge in [0.15, 0.2) is 0 Å². The van der Waals surface area contributed by atoms with Crippen LogP contribution in [-0.2, 0) is 4.79 Å². The van der Waals surface area contributed by atoms with Gasteiger partial charge in [0.05, 0.1) is 6.04 Å². The van der Waals surface area contributed by atoms with Crippen molar-refractivity contribution in [3.8, 4) is 12.3 Å². The van der Waals surface area contributed by atoms with E-state index in [9.17, 15) is 9.59 Å². The molecule has 2 unspecified atom stereocenters. The molecule has 2 amide bonds. The standard InChI is InChI=1S/C10H16N2O3/c1-4-8(3)12-10(15)11-6-7(2)5-9(13)14/h1,7-8H,5-6H2,2-3H3,(H,13,14)(H2,11,12,15). The van der Waals surface area contributed by atoms with Crippen LogP contribution in [0.5, 0.6) is 0 Å². The van der Waals surface area contributed by atoms with Crippen molar-refractivity contribution >= 4 is 12.0 Å². The summed E-state index contributed by atoms with van der Waals surface area (Å²) in [5.41, 5.74) is 0. The molecule has 0 saturated carbocycles. The Morgan fingerprint density at radius 2 is 2.07 bits per heavy atom. The van der Waals surface area contributed by atoms with E-state index in [4.69, 9.17) is 11.5 Å². The molecule has 0 bridgehead atoms. The number of carboxylic acids is 1. The van der Waals surface area contributed by atoms with Crippen LogP contribution in [-0.4, -0.2) is 29.7 Å². The van der Waals surface area contributed by atoms with Crippen LogP contribution < -0.4 is 10.6 Å². The summed E-state index contributed by atoms with van der Waals surface area (Å²) in [4.78, 5) is 21.5. The third-order valence-corrected chi connectivity index (χ3v) is 1.73. The van der Waals surface area contributed by atoms with Crippen LogP contribution in [0.25, 0.3) is 0 Å². The molecule has 84 valence electrons. The number of terminal acetylenes is 1. The van der Waals surface area contributed by atoms with Crippen molar-refractivity contribution in [1.29, 1.82) is 0 Å². The number of rotatable bonds is 5. The van der Waals surface area contributed by atoms with Gasteiger partial charge in [-0.1, -0.05) is 12.8 Å². The monoisotopic (exact) mass is 212 g/mol. The summed E-state index contributed by atoms with van der Waals surface area (Å²) in [6, 6.07) is -0.711. The third kappa shape index (κ3) is 7.38. The first-order valence-electron chi connectivity index (χ1n) is 4.68. The Hall–Kier alpha value is -1.70. The first kappa shape index (κ1) is 13.3. The number of amides is 2. The molecular formula is C10H16N2O3. The van der Waals surface area contributed by atoms with E-state index in [1.165, 1.54) is 0 Å². The van der Waals surface area contributed by atoms with Crippen molar-refractivity contribution in [2.24, 2.45) is 5.92 Å². The summed E-state index contributed by atoms with van der Waals surface area (Å²) < 4.78 is 0. The lowest BCUT2D eigenvalue weighted by molar-refractivity contribution is -0.137. The zero-order valence-electron chi connectivity index (χ0n) is 8.91. The van der Waals surface area contributed by atoms with Crippen LogP contribution in [0, 0.1) is 18.3 Å². The van der Waals surface area contributed by atoms with Gasteiger partial charge in [0, 0.05) is 13.0 Å². The maximum atomic E-state index is 11.1. The van der Waals surface area contributed by atoms with Crippen molar-refractivity contribution in [1.82, 2.24) is 10.6 Å². The Bertz CT molecular complexity index is 270. The van der Waals surface area contributed by atoms with Crippen LogP contribution in [0.2, 0.25) is 0 Å². The molecule has 5 nitrogen and oxygen atoms in total. The predicted octanol–water partition coefficient (Wildman–Crippen LogP) is 0.418. The predicted molar refractivity (Wildman–Crippen MR) is 56.2 cm³/mol. The lowest BCUT2D eigenvalue weighted by Gasteiger charge is -2.12. The van der Waals surface area contributed by atoms with E-state index in [0.29, 0.717) is 6.54 Å². The molecule has 5 heteroatoms. The summed E-state index contributed by atoms with van der Waals surface area (Å²) in [6.45, 7) is 3.74. The number of carbonyl (C=O) groups is 2. The zero-order chi connectivity index (χ0) is 11.8.